The van der Waals surface area contributed by atoms with Crippen LogP contribution in [-0.4, -0.2) is 30.0 Å². The van der Waals surface area contributed by atoms with Crippen LogP contribution in [0.15, 0.2) is 24.3 Å². The van der Waals surface area contributed by atoms with Crippen LogP contribution in [0.4, 0.5) is 0 Å². The number of nitrogens with two attached hydrogens (primary N) is 1. The molecule has 0 spiro atoms. The van der Waals surface area contributed by atoms with Crippen LogP contribution in [0.3, 0.4) is 0 Å². The van der Waals surface area contributed by atoms with Gasteiger partial charge in [-0.05, 0) is 60.9 Å². The van der Waals surface area contributed by atoms with E-state index in [4.69, 9.17) is 5.73 Å². The molecule has 2 aliphatic rings. The van der Waals surface area contributed by atoms with Crippen LogP contribution >= 0.6 is 35.9 Å². The number of carbonyl (C=O) groups excluding carboxylic acids is 1. The third kappa shape index (κ3) is 5.07. The standard InChI is InChI=1S/C18H26N2OS2.ClH/c19-12-15-4-1-2-5-16(15)20-17(21)13-6-8-14(9-7-13)18-22-10-3-11-23-18;/h6-9,15-16,18H,1-5,10-12,19H2,(H,20,21);1H. The second-order valence-corrected chi connectivity index (χ2v) is 9.13. The maximum absolute atomic E-state index is 12.5. The zero-order valence-corrected chi connectivity index (χ0v) is 16.4. The highest BCUT2D eigenvalue weighted by molar-refractivity contribution is 8.16. The van der Waals surface area contributed by atoms with Crippen LogP contribution in [0, 0.1) is 5.92 Å². The molecule has 1 saturated carbocycles. The predicted molar refractivity (Wildman–Crippen MR) is 108 cm³/mol. The maximum Gasteiger partial charge on any atom is 0.251 e. The lowest BCUT2D eigenvalue weighted by molar-refractivity contribution is 0.0908. The lowest BCUT2D eigenvalue weighted by atomic mass is 9.84. The first-order valence-electron chi connectivity index (χ1n) is 8.62. The molecule has 3 nitrogen and oxygen atoms in total. The Morgan fingerprint density at radius 1 is 1.08 bits per heavy atom. The van der Waals surface area contributed by atoms with Gasteiger partial charge in [0.1, 0.15) is 0 Å². The van der Waals surface area contributed by atoms with Gasteiger partial charge >= 0.3 is 0 Å². The minimum Gasteiger partial charge on any atom is -0.349 e. The van der Waals surface area contributed by atoms with Crippen LogP contribution in [0.25, 0.3) is 0 Å². The Morgan fingerprint density at radius 3 is 2.42 bits per heavy atom. The van der Waals surface area contributed by atoms with Crippen molar-refractivity contribution in [1.82, 2.24) is 5.32 Å². The molecule has 1 amide bonds. The van der Waals surface area contributed by atoms with Crippen molar-refractivity contribution in [1.29, 1.82) is 0 Å². The van der Waals surface area contributed by atoms with Gasteiger partial charge in [-0.2, -0.15) is 0 Å². The highest BCUT2D eigenvalue weighted by Gasteiger charge is 2.25. The van der Waals surface area contributed by atoms with E-state index in [2.05, 4.69) is 17.4 Å². The third-order valence-corrected chi connectivity index (χ3v) is 7.82. The second kappa shape index (κ2) is 9.95. The van der Waals surface area contributed by atoms with E-state index in [0.29, 0.717) is 17.0 Å². The van der Waals surface area contributed by atoms with Gasteiger partial charge in [-0.15, -0.1) is 35.9 Å². The SMILES string of the molecule is Cl.NCC1CCCCC1NC(=O)c1ccc(C2SCCCS2)cc1. The number of rotatable bonds is 4. The molecule has 3 rings (SSSR count). The molecule has 134 valence electrons. The van der Waals surface area contributed by atoms with E-state index in [1.165, 1.54) is 36.3 Å². The second-order valence-electron chi connectivity index (χ2n) is 6.41. The molecule has 1 saturated heterocycles. The number of hydrogen-bond donors (Lipinski definition) is 2. The number of carbonyl (C=O) groups is 1. The molecule has 1 aromatic rings. The van der Waals surface area contributed by atoms with Crippen molar-refractivity contribution in [3.05, 3.63) is 35.4 Å². The fourth-order valence-corrected chi connectivity index (χ4v) is 6.30. The number of thioether (sulfide) groups is 2. The maximum atomic E-state index is 12.5. The van der Waals surface area contributed by atoms with Crippen LogP contribution < -0.4 is 11.1 Å². The van der Waals surface area contributed by atoms with Crippen molar-refractivity contribution >= 4 is 41.8 Å². The Morgan fingerprint density at radius 2 is 1.75 bits per heavy atom. The molecule has 1 aliphatic carbocycles. The normalized spacial score (nSPS) is 24.9. The molecule has 2 unspecified atom stereocenters. The average Bonchev–Trinajstić information content (AvgIpc) is 2.63. The quantitative estimate of drug-likeness (QED) is 0.813. The lowest BCUT2D eigenvalue weighted by Gasteiger charge is -2.31. The van der Waals surface area contributed by atoms with E-state index in [1.807, 2.05) is 35.7 Å². The topological polar surface area (TPSA) is 55.1 Å². The monoisotopic (exact) mass is 386 g/mol. The van der Waals surface area contributed by atoms with Crippen LogP contribution in [0.5, 0.6) is 0 Å². The molecule has 1 aliphatic heterocycles. The van der Waals surface area contributed by atoms with Crippen molar-refractivity contribution in [3.63, 3.8) is 0 Å². The zero-order valence-electron chi connectivity index (χ0n) is 13.9. The van der Waals surface area contributed by atoms with E-state index >= 15 is 0 Å². The van der Waals surface area contributed by atoms with E-state index in [9.17, 15) is 4.79 Å². The third-order valence-electron chi connectivity index (χ3n) is 4.80. The van der Waals surface area contributed by atoms with Gasteiger partial charge in [0, 0.05) is 11.6 Å². The van der Waals surface area contributed by atoms with Gasteiger partial charge in [0.25, 0.3) is 5.91 Å². The van der Waals surface area contributed by atoms with Crippen molar-refractivity contribution in [2.75, 3.05) is 18.1 Å². The van der Waals surface area contributed by atoms with Gasteiger partial charge in [0.2, 0.25) is 0 Å². The summed E-state index contributed by atoms with van der Waals surface area (Å²) in [6, 6.07) is 8.42. The fraction of sp³-hybridized carbons (Fsp3) is 0.611. The van der Waals surface area contributed by atoms with Gasteiger partial charge < -0.3 is 11.1 Å². The summed E-state index contributed by atoms with van der Waals surface area (Å²) < 4.78 is 0.529. The Balaban J connectivity index is 0.00000208. The highest BCUT2D eigenvalue weighted by atomic mass is 35.5. The molecule has 1 heterocycles. The summed E-state index contributed by atoms with van der Waals surface area (Å²) in [6.07, 6.45) is 5.92. The first-order chi connectivity index (χ1) is 11.3. The minimum atomic E-state index is 0. The van der Waals surface area contributed by atoms with Crippen molar-refractivity contribution < 1.29 is 4.79 Å². The number of nitrogens with one attached hydrogen (secondary N) is 1. The largest absolute Gasteiger partial charge is 0.349 e. The smallest absolute Gasteiger partial charge is 0.251 e. The Hall–Kier alpha value is -0.360. The highest BCUT2D eigenvalue weighted by Crippen LogP contribution is 2.43. The summed E-state index contributed by atoms with van der Waals surface area (Å²) in [4.78, 5) is 12.5. The van der Waals surface area contributed by atoms with Crippen LogP contribution in [0.1, 0.15) is 52.6 Å². The predicted octanol–water partition coefficient (Wildman–Crippen LogP) is 4.22. The Labute approximate surface area is 159 Å². The van der Waals surface area contributed by atoms with E-state index in [0.717, 1.165) is 18.4 Å². The van der Waals surface area contributed by atoms with Gasteiger partial charge in [-0.1, -0.05) is 25.0 Å². The summed E-state index contributed by atoms with van der Waals surface area (Å²) in [5, 5.41) is 3.21. The van der Waals surface area contributed by atoms with Crippen molar-refractivity contribution in [2.24, 2.45) is 11.7 Å². The number of benzene rings is 1. The van der Waals surface area contributed by atoms with E-state index in [-0.39, 0.29) is 24.4 Å². The molecule has 24 heavy (non-hydrogen) atoms. The number of amides is 1. The average molecular weight is 387 g/mol. The molecule has 0 radical (unpaired) electrons. The summed E-state index contributed by atoms with van der Waals surface area (Å²) in [5.41, 5.74) is 7.95. The van der Waals surface area contributed by atoms with Gasteiger partial charge in [-0.25, -0.2) is 0 Å². The summed E-state index contributed by atoms with van der Waals surface area (Å²) in [6.45, 7) is 0.667. The van der Waals surface area contributed by atoms with Gasteiger partial charge in [-0.3, -0.25) is 4.79 Å². The molecule has 0 aromatic heterocycles. The molecular formula is C18H27ClN2OS2. The van der Waals surface area contributed by atoms with Gasteiger partial charge in [0.05, 0.1) is 4.58 Å². The van der Waals surface area contributed by atoms with Gasteiger partial charge in [0.15, 0.2) is 0 Å². The van der Waals surface area contributed by atoms with Crippen molar-refractivity contribution in [3.8, 4) is 0 Å². The number of halogens is 1. The number of hydrogen-bond acceptors (Lipinski definition) is 4. The molecular weight excluding hydrogens is 360 g/mol. The van der Waals surface area contributed by atoms with E-state index < -0.39 is 0 Å². The molecule has 1 aromatic carbocycles. The Kier molecular flexibility index (Phi) is 8.28. The minimum absolute atomic E-state index is 0. The molecule has 0 bridgehead atoms. The molecule has 2 fully saturated rings. The molecule has 2 atom stereocenters. The first-order valence-corrected chi connectivity index (χ1v) is 10.7. The lowest BCUT2D eigenvalue weighted by Crippen LogP contribution is -2.44. The fourth-order valence-electron chi connectivity index (χ4n) is 3.40. The zero-order chi connectivity index (χ0) is 16.1. The Bertz CT molecular complexity index is 520. The summed E-state index contributed by atoms with van der Waals surface area (Å²) in [7, 11) is 0. The first kappa shape index (κ1) is 20.0. The van der Waals surface area contributed by atoms with Crippen molar-refractivity contribution in [2.45, 2.75) is 42.7 Å². The summed E-state index contributed by atoms with van der Waals surface area (Å²) in [5.74, 6) is 2.96. The molecule has 6 heteroatoms. The molecule has 3 N–H and O–H groups in total. The van der Waals surface area contributed by atoms with Crippen LogP contribution in [-0.2, 0) is 0 Å². The van der Waals surface area contributed by atoms with Crippen LogP contribution in [0.2, 0.25) is 0 Å². The summed E-state index contributed by atoms with van der Waals surface area (Å²) >= 11 is 4.02. The van der Waals surface area contributed by atoms with E-state index in [1.54, 1.807) is 0 Å².